The Balaban J connectivity index is 2.20. The number of primary amides is 1. The number of rotatable bonds is 4. The fraction of sp³-hybridized carbons (Fsp3) is 0.562. The topological polar surface area (TPSA) is 52.3 Å². The van der Waals surface area contributed by atoms with Gasteiger partial charge in [0.05, 0.1) is 5.60 Å². The quantitative estimate of drug-likeness (QED) is 0.906. The predicted molar refractivity (Wildman–Crippen MR) is 75.7 cm³/mol. The van der Waals surface area contributed by atoms with E-state index in [2.05, 4.69) is 26.0 Å². The van der Waals surface area contributed by atoms with Crippen molar-refractivity contribution in [1.82, 2.24) is 0 Å². The third kappa shape index (κ3) is 3.80. The van der Waals surface area contributed by atoms with Gasteiger partial charge in [-0.25, -0.2) is 0 Å². The van der Waals surface area contributed by atoms with Gasteiger partial charge in [-0.3, -0.25) is 4.79 Å². The van der Waals surface area contributed by atoms with Gasteiger partial charge in [0, 0.05) is 13.0 Å². The van der Waals surface area contributed by atoms with Gasteiger partial charge in [-0.2, -0.15) is 0 Å². The minimum atomic E-state index is -0.224. The molecule has 0 radical (unpaired) electrons. The number of ether oxygens (including phenoxy) is 1. The maximum absolute atomic E-state index is 11.4. The lowest BCUT2D eigenvalue weighted by molar-refractivity contribution is -0.119. The number of amides is 1. The molecule has 1 heterocycles. The van der Waals surface area contributed by atoms with E-state index in [0.29, 0.717) is 12.3 Å². The molecule has 19 heavy (non-hydrogen) atoms. The minimum Gasteiger partial charge on any atom is -0.376 e. The van der Waals surface area contributed by atoms with Crippen LogP contribution in [0.5, 0.6) is 0 Å². The molecule has 2 N–H and O–H groups in total. The molecule has 3 nitrogen and oxygen atoms in total. The van der Waals surface area contributed by atoms with Gasteiger partial charge >= 0.3 is 0 Å². The second-order valence-corrected chi connectivity index (χ2v) is 6.05. The van der Waals surface area contributed by atoms with Crippen LogP contribution < -0.4 is 5.73 Å². The summed E-state index contributed by atoms with van der Waals surface area (Å²) < 4.78 is 5.77. The van der Waals surface area contributed by atoms with Gasteiger partial charge in [-0.15, -0.1) is 0 Å². The molecular formula is C16H23NO2. The molecule has 1 amide bonds. The molecule has 2 atom stereocenters. The van der Waals surface area contributed by atoms with Crippen LogP contribution in [0, 0.1) is 5.92 Å². The minimum absolute atomic E-state index is 0.104. The highest BCUT2D eigenvalue weighted by Crippen LogP contribution is 2.39. The lowest BCUT2D eigenvalue weighted by atomic mass is 9.75. The van der Waals surface area contributed by atoms with Crippen molar-refractivity contribution in [2.24, 2.45) is 11.7 Å². The maximum atomic E-state index is 11.4. The highest BCUT2D eigenvalue weighted by atomic mass is 16.5. The first kappa shape index (κ1) is 14.1. The van der Waals surface area contributed by atoms with Gasteiger partial charge in [-0.1, -0.05) is 30.3 Å². The van der Waals surface area contributed by atoms with Crippen molar-refractivity contribution in [2.45, 2.75) is 44.6 Å². The Morgan fingerprint density at radius 1 is 1.42 bits per heavy atom. The lowest BCUT2D eigenvalue weighted by Crippen LogP contribution is -2.37. The summed E-state index contributed by atoms with van der Waals surface area (Å²) in [4.78, 5) is 11.4. The summed E-state index contributed by atoms with van der Waals surface area (Å²) in [5.41, 5.74) is 6.54. The fourth-order valence-electron chi connectivity index (χ4n) is 3.10. The molecule has 2 unspecified atom stereocenters. The van der Waals surface area contributed by atoms with E-state index in [4.69, 9.17) is 10.5 Å². The molecule has 1 aromatic carbocycles. The van der Waals surface area contributed by atoms with Crippen molar-refractivity contribution in [2.75, 3.05) is 6.61 Å². The SMILES string of the molecule is CC1(C)CC(C(CC(N)=O)c2ccccc2)CCO1. The van der Waals surface area contributed by atoms with E-state index in [1.165, 1.54) is 5.56 Å². The van der Waals surface area contributed by atoms with Gasteiger partial charge < -0.3 is 10.5 Å². The molecule has 0 aromatic heterocycles. The molecule has 0 aliphatic carbocycles. The molecule has 1 aromatic rings. The summed E-state index contributed by atoms with van der Waals surface area (Å²) in [7, 11) is 0. The first-order valence-electron chi connectivity index (χ1n) is 6.95. The van der Waals surface area contributed by atoms with Crippen LogP contribution in [-0.4, -0.2) is 18.1 Å². The zero-order chi connectivity index (χ0) is 13.9. The molecule has 104 valence electrons. The monoisotopic (exact) mass is 261 g/mol. The Morgan fingerprint density at radius 3 is 2.68 bits per heavy atom. The lowest BCUT2D eigenvalue weighted by Gasteiger charge is -2.39. The van der Waals surface area contributed by atoms with Crippen LogP contribution >= 0.6 is 0 Å². The Labute approximate surface area is 115 Å². The second-order valence-electron chi connectivity index (χ2n) is 6.05. The van der Waals surface area contributed by atoms with Crippen molar-refractivity contribution >= 4 is 5.91 Å². The van der Waals surface area contributed by atoms with Gasteiger partial charge in [0.2, 0.25) is 5.91 Å². The summed E-state index contributed by atoms with van der Waals surface area (Å²) in [6.45, 7) is 5.00. The maximum Gasteiger partial charge on any atom is 0.218 e. The number of hydrogen-bond acceptors (Lipinski definition) is 2. The van der Waals surface area contributed by atoms with E-state index in [0.717, 1.165) is 19.4 Å². The van der Waals surface area contributed by atoms with Crippen molar-refractivity contribution in [3.05, 3.63) is 35.9 Å². The molecule has 2 rings (SSSR count). The van der Waals surface area contributed by atoms with Crippen LogP contribution in [-0.2, 0) is 9.53 Å². The van der Waals surface area contributed by atoms with Crippen molar-refractivity contribution in [3.8, 4) is 0 Å². The van der Waals surface area contributed by atoms with Crippen molar-refractivity contribution < 1.29 is 9.53 Å². The second kappa shape index (κ2) is 5.74. The Kier molecular flexibility index (Phi) is 4.25. The summed E-state index contributed by atoms with van der Waals surface area (Å²) in [5, 5.41) is 0. The summed E-state index contributed by atoms with van der Waals surface area (Å²) in [6.07, 6.45) is 2.39. The van der Waals surface area contributed by atoms with Crippen LogP contribution in [0.2, 0.25) is 0 Å². The van der Waals surface area contributed by atoms with Crippen LogP contribution in [0.15, 0.2) is 30.3 Å². The fourth-order valence-corrected chi connectivity index (χ4v) is 3.10. The summed E-state index contributed by atoms with van der Waals surface area (Å²) in [6, 6.07) is 10.2. The van der Waals surface area contributed by atoms with Gasteiger partial charge in [0.15, 0.2) is 0 Å². The summed E-state index contributed by atoms with van der Waals surface area (Å²) in [5.74, 6) is 0.443. The van der Waals surface area contributed by atoms with E-state index in [9.17, 15) is 4.79 Å². The van der Waals surface area contributed by atoms with Crippen LogP contribution in [0.1, 0.15) is 44.6 Å². The third-order valence-electron chi connectivity index (χ3n) is 3.95. The van der Waals surface area contributed by atoms with E-state index in [1.807, 2.05) is 18.2 Å². The van der Waals surface area contributed by atoms with Crippen LogP contribution in [0.3, 0.4) is 0 Å². The number of hydrogen-bond donors (Lipinski definition) is 1. The van der Waals surface area contributed by atoms with Gasteiger partial charge in [-0.05, 0) is 44.1 Å². The zero-order valence-corrected chi connectivity index (χ0v) is 11.8. The average Bonchev–Trinajstić information content (AvgIpc) is 2.35. The number of nitrogens with two attached hydrogens (primary N) is 1. The Hall–Kier alpha value is -1.35. The van der Waals surface area contributed by atoms with Crippen molar-refractivity contribution in [3.63, 3.8) is 0 Å². The molecule has 1 aliphatic heterocycles. The number of carbonyl (C=O) groups is 1. The number of carbonyl (C=O) groups excluding carboxylic acids is 1. The predicted octanol–water partition coefficient (Wildman–Crippen LogP) is 2.85. The molecule has 1 aliphatic rings. The largest absolute Gasteiger partial charge is 0.376 e. The van der Waals surface area contributed by atoms with E-state index in [-0.39, 0.29) is 17.4 Å². The zero-order valence-electron chi connectivity index (χ0n) is 11.8. The Morgan fingerprint density at radius 2 is 2.11 bits per heavy atom. The molecule has 1 saturated heterocycles. The average molecular weight is 261 g/mol. The first-order chi connectivity index (χ1) is 8.98. The van der Waals surface area contributed by atoms with Gasteiger partial charge in [0.25, 0.3) is 0 Å². The normalized spacial score (nSPS) is 23.8. The molecule has 0 bridgehead atoms. The van der Waals surface area contributed by atoms with Gasteiger partial charge in [0.1, 0.15) is 0 Å². The summed E-state index contributed by atoms with van der Waals surface area (Å²) >= 11 is 0. The van der Waals surface area contributed by atoms with E-state index >= 15 is 0 Å². The van der Waals surface area contributed by atoms with E-state index < -0.39 is 0 Å². The smallest absolute Gasteiger partial charge is 0.218 e. The standard InChI is InChI=1S/C16H23NO2/c1-16(2)11-13(8-9-19-16)14(10-15(17)18)12-6-4-3-5-7-12/h3-7,13-14H,8-11H2,1-2H3,(H2,17,18). The van der Waals surface area contributed by atoms with Crippen molar-refractivity contribution in [1.29, 1.82) is 0 Å². The Bertz CT molecular complexity index is 428. The highest BCUT2D eigenvalue weighted by Gasteiger charge is 2.34. The first-order valence-corrected chi connectivity index (χ1v) is 6.95. The number of benzene rings is 1. The molecule has 1 fully saturated rings. The highest BCUT2D eigenvalue weighted by molar-refractivity contribution is 5.74. The molecule has 0 spiro atoms. The molecular weight excluding hydrogens is 238 g/mol. The molecule has 3 heteroatoms. The van der Waals surface area contributed by atoms with E-state index in [1.54, 1.807) is 0 Å². The van der Waals surface area contributed by atoms with Crippen LogP contribution in [0.4, 0.5) is 0 Å². The van der Waals surface area contributed by atoms with Crippen LogP contribution in [0.25, 0.3) is 0 Å². The third-order valence-corrected chi connectivity index (χ3v) is 3.95. The molecule has 0 saturated carbocycles.